The monoisotopic (exact) mass is 765 g/mol. The molecule has 0 fully saturated rings. The minimum absolute atomic E-state index is 0.000783. The third kappa shape index (κ3) is 10.5. The second-order valence-corrected chi connectivity index (χ2v) is 11.5. The van der Waals surface area contributed by atoms with E-state index in [1.54, 1.807) is 12.1 Å². The molecule has 0 radical (unpaired) electrons. The number of hydrogen-bond acceptors (Lipinski definition) is 12. The zero-order valence-electron chi connectivity index (χ0n) is 27.6. The molecule has 0 saturated heterocycles. The molecule has 4 N–H and O–H groups in total. The molecular weight excluding hydrogens is 736 g/mol. The van der Waals surface area contributed by atoms with Crippen LogP contribution in [0.15, 0.2) is 72.8 Å². The average Bonchev–Trinajstić information content (AvgIpc) is 3.58. The van der Waals surface area contributed by atoms with E-state index in [0.717, 1.165) is 4.57 Å². The number of nitrogens with two attached hydrogens (primary N) is 1. The molecule has 1 aromatic heterocycles. The quantitative estimate of drug-likeness (QED) is 0.0974. The highest BCUT2D eigenvalue weighted by atomic mass is 19.4. The fraction of sp³-hybridized carbons (Fsp3) is 0.265. The molecule has 3 atom stereocenters. The number of benzene rings is 3. The Kier molecular flexibility index (Phi) is 13.4. The van der Waals surface area contributed by atoms with Crippen LogP contribution in [0.5, 0.6) is 0 Å². The Morgan fingerprint density at radius 1 is 0.759 bits per heavy atom. The number of fused-ring (bicyclic) bond motifs is 1. The molecule has 54 heavy (non-hydrogen) atoms. The number of aromatic nitrogens is 3. The smallest absolute Gasteiger partial charge is 0.387 e. The van der Waals surface area contributed by atoms with Gasteiger partial charge in [-0.25, -0.2) is 32.3 Å². The summed E-state index contributed by atoms with van der Waals surface area (Å²) in [7, 11) is 0. The summed E-state index contributed by atoms with van der Waals surface area (Å²) in [5, 5.41) is 25.9. The molecule has 20 heteroatoms. The van der Waals surface area contributed by atoms with E-state index in [1.807, 2.05) is 0 Å². The van der Waals surface area contributed by atoms with Gasteiger partial charge in [0.25, 0.3) is 0 Å². The second kappa shape index (κ2) is 17.7. The number of rotatable bonds is 9. The summed E-state index contributed by atoms with van der Waals surface area (Å²) in [5.41, 5.74) is 5.70. The molecule has 0 unspecified atom stereocenters. The van der Waals surface area contributed by atoms with Crippen LogP contribution in [0, 0.1) is 17.5 Å². The number of alkyl halides is 3. The first-order valence-electron chi connectivity index (χ1n) is 15.6. The minimum Gasteiger partial charge on any atom is -0.387 e. The zero-order valence-corrected chi connectivity index (χ0v) is 27.6. The lowest BCUT2D eigenvalue weighted by atomic mass is 10.0. The predicted octanol–water partition coefficient (Wildman–Crippen LogP) is 2.49. The fourth-order valence-corrected chi connectivity index (χ4v) is 4.84. The van der Waals surface area contributed by atoms with Gasteiger partial charge >= 0.3 is 30.1 Å². The van der Waals surface area contributed by atoms with Gasteiger partial charge in [-0.1, -0.05) is 36.4 Å². The number of amides is 1. The van der Waals surface area contributed by atoms with Crippen molar-refractivity contribution in [1.29, 1.82) is 0 Å². The summed E-state index contributed by atoms with van der Waals surface area (Å²) in [6.45, 7) is -0.302. The van der Waals surface area contributed by atoms with Crippen LogP contribution in [0.25, 0.3) is 0 Å². The summed E-state index contributed by atoms with van der Waals surface area (Å²) < 4.78 is 88.0. The third-order valence-electron chi connectivity index (χ3n) is 7.56. The van der Waals surface area contributed by atoms with Gasteiger partial charge in [-0.2, -0.15) is 13.2 Å². The summed E-state index contributed by atoms with van der Waals surface area (Å²) in [4.78, 5) is 60.4. The van der Waals surface area contributed by atoms with Crippen molar-refractivity contribution in [2.24, 2.45) is 5.73 Å². The van der Waals surface area contributed by atoms with Crippen molar-refractivity contribution in [3.8, 4) is 0 Å². The molecule has 286 valence electrons. The van der Waals surface area contributed by atoms with Crippen LogP contribution in [-0.4, -0.2) is 84.5 Å². The molecule has 0 bridgehead atoms. The Labute approximate surface area is 300 Å². The highest BCUT2D eigenvalue weighted by Crippen LogP contribution is 2.29. The van der Waals surface area contributed by atoms with Crippen molar-refractivity contribution in [2.45, 2.75) is 50.4 Å². The van der Waals surface area contributed by atoms with E-state index in [1.165, 1.54) is 53.4 Å². The van der Waals surface area contributed by atoms with Crippen molar-refractivity contribution in [2.75, 3.05) is 6.54 Å². The van der Waals surface area contributed by atoms with Crippen LogP contribution in [0.3, 0.4) is 0 Å². The first-order chi connectivity index (χ1) is 25.5. The van der Waals surface area contributed by atoms with Gasteiger partial charge in [-0.3, -0.25) is 4.79 Å². The van der Waals surface area contributed by atoms with Gasteiger partial charge in [-0.05, 0) is 42.3 Å². The molecule has 1 aliphatic rings. The van der Waals surface area contributed by atoms with Crippen molar-refractivity contribution in [1.82, 2.24) is 19.7 Å². The maximum atomic E-state index is 13.7. The zero-order chi connectivity index (χ0) is 39.7. The third-order valence-corrected chi connectivity index (χ3v) is 7.56. The lowest BCUT2D eigenvalue weighted by molar-refractivity contribution is -0.166. The van der Waals surface area contributed by atoms with E-state index < -0.39 is 77.5 Å². The SMILES string of the molecule is N[C@@H](CC(=O)N1CCn2c(nnc2C(F)(F)F)C1)Cc1cc(F)c(F)cc1F.O=C(OC(=O)[C@@H](O)[C@H](O)C(=O)OC(=O)c1ccccc1)c1ccccc1. The highest BCUT2D eigenvalue weighted by molar-refractivity contribution is 6.01. The predicted molar refractivity (Wildman–Crippen MR) is 169 cm³/mol. The van der Waals surface area contributed by atoms with E-state index in [2.05, 4.69) is 19.7 Å². The lowest BCUT2D eigenvalue weighted by Crippen LogP contribution is -2.43. The van der Waals surface area contributed by atoms with Gasteiger partial charge < -0.3 is 34.9 Å². The number of halogens is 6. The second-order valence-electron chi connectivity index (χ2n) is 11.5. The van der Waals surface area contributed by atoms with E-state index in [9.17, 15) is 60.5 Å². The lowest BCUT2D eigenvalue weighted by Gasteiger charge is -2.29. The maximum absolute atomic E-state index is 13.7. The van der Waals surface area contributed by atoms with Crippen LogP contribution in [0.2, 0.25) is 0 Å². The van der Waals surface area contributed by atoms with E-state index in [4.69, 9.17) is 5.73 Å². The summed E-state index contributed by atoms with van der Waals surface area (Å²) in [5.74, 6) is -10.4. The largest absolute Gasteiger partial charge is 0.451 e. The number of carbonyl (C=O) groups is 5. The number of ether oxygens (including phenoxy) is 2. The van der Waals surface area contributed by atoms with Gasteiger partial charge in [0.05, 0.1) is 17.7 Å². The number of hydrogen-bond donors (Lipinski definition) is 3. The minimum atomic E-state index is -4.64. The Bertz CT molecular complexity index is 1930. The molecule has 0 spiro atoms. The first-order valence-corrected chi connectivity index (χ1v) is 15.6. The van der Waals surface area contributed by atoms with E-state index >= 15 is 0 Å². The molecule has 1 amide bonds. The summed E-state index contributed by atoms with van der Waals surface area (Å²) >= 11 is 0. The van der Waals surface area contributed by atoms with E-state index in [0.29, 0.717) is 12.1 Å². The van der Waals surface area contributed by atoms with Crippen LogP contribution in [0.1, 0.15) is 44.3 Å². The number of aliphatic hydroxyl groups excluding tert-OH is 2. The van der Waals surface area contributed by atoms with Gasteiger partial charge in [-0.15, -0.1) is 10.2 Å². The Morgan fingerprint density at radius 3 is 1.76 bits per heavy atom. The number of aliphatic hydroxyl groups is 2. The van der Waals surface area contributed by atoms with Crippen molar-refractivity contribution in [3.05, 3.63) is 119 Å². The van der Waals surface area contributed by atoms with Crippen molar-refractivity contribution < 1.29 is 70.0 Å². The number of carbonyl (C=O) groups excluding carboxylic acids is 5. The molecule has 4 aromatic rings. The van der Waals surface area contributed by atoms with E-state index in [-0.39, 0.29) is 55.0 Å². The van der Waals surface area contributed by atoms with Crippen LogP contribution in [-0.2, 0) is 49.5 Å². The Balaban J connectivity index is 0.000000241. The first kappa shape index (κ1) is 40.8. The molecule has 0 saturated carbocycles. The van der Waals surface area contributed by atoms with Crippen molar-refractivity contribution in [3.63, 3.8) is 0 Å². The van der Waals surface area contributed by atoms with Crippen LogP contribution >= 0.6 is 0 Å². The molecule has 2 heterocycles. The molecule has 3 aromatic carbocycles. The standard InChI is InChI=1S/C18H14O8.C16H15F6N5O/c19-13(17(23)25-15(21)11-7-3-1-4-8-11)14(20)18(24)26-16(22)12-9-5-2-6-10-12;17-10-6-12(19)11(18)4-8(10)3-9(23)5-14(28)26-1-2-27-13(7-26)24-25-15(27)16(20,21)22/h1-10,13-14,19-20H;4,6,9H,1-3,5,7,23H2/t13-,14-;9-/m01/s1. The highest BCUT2D eigenvalue weighted by Gasteiger charge is 2.40. The van der Waals surface area contributed by atoms with Crippen LogP contribution < -0.4 is 5.73 Å². The normalized spacial score (nSPS) is 14.1. The Hall–Kier alpha value is -5.99. The van der Waals surface area contributed by atoms with Gasteiger partial charge in [0.1, 0.15) is 5.82 Å². The number of esters is 4. The summed E-state index contributed by atoms with van der Waals surface area (Å²) in [6, 6.07) is 15.0. The van der Waals surface area contributed by atoms with Gasteiger partial charge in [0.15, 0.2) is 29.7 Å². The molecule has 1 aliphatic heterocycles. The maximum Gasteiger partial charge on any atom is 0.451 e. The fourth-order valence-electron chi connectivity index (χ4n) is 4.84. The molecule has 5 rings (SSSR count). The average molecular weight is 766 g/mol. The summed E-state index contributed by atoms with van der Waals surface area (Å²) in [6.07, 6.45) is -9.92. The van der Waals surface area contributed by atoms with Gasteiger partial charge in [0, 0.05) is 31.6 Å². The van der Waals surface area contributed by atoms with Gasteiger partial charge in [0.2, 0.25) is 11.7 Å². The molecule has 14 nitrogen and oxygen atoms in total. The van der Waals surface area contributed by atoms with Crippen molar-refractivity contribution >= 4 is 29.8 Å². The molecular formula is C34H29F6N5O9. The molecule has 0 aliphatic carbocycles. The Morgan fingerprint density at radius 2 is 1.26 bits per heavy atom. The van der Waals surface area contributed by atoms with Crippen LogP contribution in [0.4, 0.5) is 26.3 Å². The topological polar surface area (TPSA) is 204 Å². The number of nitrogens with zero attached hydrogens (tertiary/aromatic N) is 4.